The zero-order valence-corrected chi connectivity index (χ0v) is 17.7. The first-order valence-corrected chi connectivity index (χ1v) is 10.9. The molecule has 0 aliphatic rings. The molecule has 6 nitrogen and oxygen atoms in total. The van der Waals surface area contributed by atoms with Gasteiger partial charge in [0.15, 0.2) is 0 Å². The molecule has 3 aromatic rings. The molecule has 0 aliphatic heterocycles. The van der Waals surface area contributed by atoms with E-state index in [0.717, 1.165) is 23.1 Å². The highest BCUT2D eigenvalue weighted by molar-refractivity contribution is 7.87. The summed E-state index contributed by atoms with van der Waals surface area (Å²) in [4.78, 5) is 4.10. The van der Waals surface area contributed by atoms with Gasteiger partial charge in [-0.15, -0.1) is 0 Å². The van der Waals surface area contributed by atoms with Gasteiger partial charge in [0.25, 0.3) is 10.2 Å². The Kier molecular flexibility index (Phi) is 6.17. The van der Waals surface area contributed by atoms with Gasteiger partial charge in [-0.25, -0.2) is 4.72 Å². The molecule has 0 radical (unpaired) electrons. The molecule has 3 rings (SSSR count). The van der Waals surface area contributed by atoms with Gasteiger partial charge in [0.1, 0.15) is 0 Å². The van der Waals surface area contributed by atoms with E-state index in [1.807, 2.05) is 12.1 Å². The largest absolute Gasteiger partial charge is 0.346 e. The quantitative estimate of drug-likeness (QED) is 0.631. The Bertz CT molecular complexity index is 1040. The maximum Gasteiger partial charge on any atom is 0.278 e. The molecule has 28 heavy (non-hydrogen) atoms. The first kappa shape index (κ1) is 20.5. The minimum absolute atomic E-state index is 0.345. The van der Waals surface area contributed by atoms with Crippen LogP contribution in [0.25, 0.3) is 22.0 Å². The second-order valence-electron chi connectivity index (χ2n) is 7.60. The summed E-state index contributed by atoms with van der Waals surface area (Å²) in [6.07, 6.45) is 6.74. The molecular formula is C21H28N4O2S. The first-order valence-electron chi connectivity index (χ1n) is 9.47. The van der Waals surface area contributed by atoms with E-state index in [9.17, 15) is 8.42 Å². The highest BCUT2D eigenvalue weighted by Crippen LogP contribution is 2.29. The number of rotatable bonds is 8. The molecule has 1 N–H and O–H groups in total. The van der Waals surface area contributed by atoms with Gasteiger partial charge in [-0.3, -0.25) is 4.98 Å². The third-order valence-electron chi connectivity index (χ3n) is 4.72. The fourth-order valence-electron chi connectivity index (χ4n) is 3.31. The molecule has 0 spiro atoms. The zero-order chi connectivity index (χ0) is 20.3. The molecule has 0 saturated carbocycles. The Morgan fingerprint density at radius 1 is 1.11 bits per heavy atom. The van der Waals surface area contributed by atoms with Crippen molar-refractivity contribution in [3.8, 4) is 11.1 Å². The minimum atomic E-state index is -3.41. The van der Waals surface area contributed by atoms with Crippen molar-refractivity contribution >= 4 is 21.1 Å². The summed E-state index contributed by atoms with van der Waals surface area (Å²) in [5, 5.41) is 1.22. The van der Waals surface area contributed by atoms with E-state index >= 15 is 0 Å². The van der Waals surface area contributed by atoms with Crippen molar-refractivity contribution in [1.29, 1.82) is 0 Å². The van der Waals surface area contributed by atoms with Gasteiger partial charge in [0.2, 0.25) is 0 Å². The van der Waals surface area contributed by atoms with Crippen LogP contribution in [-0.2, 0) is 23.2 Å². The Labute approximate surface area is 167 Å². The van der Waals surface area contributed by atoms with E-state index in [4.69, 9.17) is 0 Å². The number of pyridine rings is 1. The molecule has 2 aromatic heterocycles. The monoisotopic (exact) mass is 400 g/mol. The molecule has 7 heteroatoms. The molecule has 0 aliphatic carbocycles. The number of aromatic nitrogens is 2. The van der Waals surface area contributed by atoms with Crippen LogP contribution >= 0.6 is 0 Å². The third kappa shape index (κ3) is 4.60. The van der Waals surface area contributed by atoms with E-state index in [1.165, 1.54) is 29.4 Å². The van der Waals surface area contributed by atoms with E-state index in [1.54, 1.807) is 12.4 Å². The van der Waals surface area contributed by atoms with E-state index in [2.05, 4.69) is 52.5 Å². The Morgan fingerprint density at radius 3 is 2.46 bits per heavy atom. The predicted molar refractivity (Wildman–Crippen MR) is 114 cm³/mol. The smallest absolute Gasteiger partial charge is 0.278 e. The van der Waals surface area contributed by atoms with E-state index in [0.29, 0.717) is 19.0 Å². The predicted octanol–water partition coefficient (Wildman–Crippen LogP) is 3.30. The fraction of sp³-hybridized carbons (Fsp3) is 0.381. The van der Waals surface area contributed by atoms with Gasteiger partial charge in [0, 0.05) is 56.7 Å². The van der Waals surface area contributed by atoms with Crippen LogP contribution in [0.1, 0.15) is 19.4 Å². The van der Waals surface area contributed by atoms with Crippen LogP contribution < -0.4 is 4.72 Å². The summed E-state index contributed by atoms with van der Waals surface area (Å²) in [6.45, 7) is 5.34. The summed E-state index contributed by atoms with van der Waals surface area (Å²) < 4.78 is 29.8. The second-order valence-corrected chi connectivity index (χ2v) is 9.56. The lowest BCUT2D eigenvalue weighted by Crippen LogP contribution is -2.37. The highest BCUT2D eigenvalue weighted by atomic mass is 32.2. The van der Waals surface area contributed by atoms with Gasteiger partial charge < -0.3 is 4.57 Å². The molecule has 0 saturated heterocycles. The zero-order valence-electron chi connectivity index (χ0n) is 16.9. The van der Waals surface area contributed by atoms with Gasteiger partial charge in [-0.05, 0) is 53.3 Å². The lowest BCUT2D eigenvalue weighted by molar-refractivity contribution is 0.502. The summed E-state index contributed by atoms with van der Waals surface area (Å²) >= 11 is 0. The summed E-state index contributed by atoms with van der Waals surface area (Å²) in [7, 11) is -0.367. The molecule has 0 amide bonds. The van der Waals surface area contributed by atoms with E-state index in [-0.39, 0.29) is 0 Å². The molecule has 0 atom stereocenters. The molecular weight excluding hydrogens is 372 g/mol. The van der Waals surface area contributed by atoms with Crippen LogP contribution in [0.2, 0.25) is 0 Å². The fourth-order valence-corrected chi connectivity index (χ4v) is 3.91. The number of hydrogen-bond donors (Lipinski definition) is 1. The van der Waals surface area contributed by atoms with Gasteiger partial charge >= 0.3 is 0 Å². The van der Waals surface area contributed by atoms with Crippen molar-refractivity contribution in [2.24, 2.45) is 5.92 Å². The number of nitrogens with one attached hydrogen (secondary N) is 1. The number of nitrogens with zero attached hydrogens (tertiary/aromatic N) is 3. The highest BCUT2D eigenvalue weighted by Gasteiger charge is 2.14. The van der Waals surface area contributed by atoms with Crippen LogP contribution in [0, 0.1) is 5.92 Å². The first-order chi connectivity index (χ1) is 13.3. The van der Waals surface area contributed by atoms with Crippen molar-refractivity contribution in [1.82, 2.24) is 18.6 Å². The van der Waals surface area contributed by atoms with Crippen molar-refractivity contribution in [2.45, 2.75) is 26.8 Å². The van der Waals surface area contributed by atoms with Crippen molar-refractivity contribution < 1.29 is 8.42 Å². The molecule has 0 unspecified atom stereocenters. The maximum absolute atomic E-state index is 11.9. The summed E-state index contributed by atoms with van der Waals surface area (Å²) in [5.41, 5.74) is 4.71. The van der Waals surface area contributed by atoms with Crippen molar-refractivity contribution in [2.75, 3.05) is 20.6 Å². The Morgan fingerprint density at radius 2 is 1.82 bits per heavy atom. The molecule has 1 aromatic carbocycles. The van der Waals surface area contributed by atoms with Crippen molar-refractivity contribution in [3.63, 3.8) is 0 Å². The molecule has 150 valence electrons. The lowest BCUT2D eigenvalue weighted by Gasteiger charge is -2.13. The van der Waals surface area contributed by atoms with Crippen LogP contribution in [0.5, 0.6) is 0 Å². The minimum Gasteiger partial charge on any atom is -0.346 e. The lowest BCUT2D eigenvalue weighted by atomic mass is 9.99. The average molecular weight is 401 g/mol. The standard InChI is InChI=1S/C21H28N4O2S/c1-16(2)13-19-15-25(12-11-23-28(26,27)24(3)4)21-6-5-18(14-20(19)21)17-7-9-22-10-8-17/h5-10,14-16,23H,11-13H2,1-4H3. The van der Waals surface area contributed by atoms with Crippen LogP contribution in [0.3, 0.4) is 0 Å². The Hall–Kier alpha value is -2.22. The normalized spacial score (nSPS) is 12.4. The second kappa shape index (κ2) is 8.43. The summed E-state index contributed by atoms with van der Waals surface area (Å²) in [6, 6.07) is 10.5. The van der Waals surface area contributed by atoms with Gasteiger partial charge in [-0.1, -0.05) is 19.9 Å². The van der Waals surface area contributed by atoms with Crippen molar-refractivity contribution in [3.05, 3.63) is 54.5 Å². The Balaban J connectivity index is 1.93. The van der Waals surface area contributed by atoms with E-state index < -0.39 is 10.2 Å². The number of hydrogen-bond acceptors (Lipinski definition) is 3. The average Bonchev–Trinajstić information content (AvgIpc) is 2.98. The SMILES string of the molecule is CC(C)Cc1cn(CCNS(=O)(=O)N(C)C)c2ccc(-c3ccncc3)cc12. The molecule has 2 heterocycles. The van der Waals surface area contributed by atoms with Crippen LogP contribution in [-0.4, -0.2) is 42.9 Å². The maximum atomic E-state index is 11.9. The third-order valence-corrected chi connectivity index (χ3v) is 6.25. The van der Waals surface area contributed by atoms with Crippen LogP contribution in [0.15, 0.2) is 48.9 Å². The summed E-state index contributed by atoms with van der Waals surface area (Å²) in [5.74, 6) is 0.538. The number of fused-ring (bicyclic) bond motifs is 1. The topological polar surface area (TPSA) is 67.2 Å². The molecule has 0 bridgehead atoms. The molecule has 0 fully saturated rings. The number of benzene rings is 1. The van der Waals surface area contributed by atoms with Gasteiger partial charge in [-0.2, -0.15) is 12.7 Å². The van der Waals surface area contributed by atoms with Crippen LogP contribution in [0.4, 0.5) is 0 Å². The van der Waals surface area contributed by atoms with Gasteiger partial charge in [0.05, 0.1) is 0 Å².